The van der Waals surface area contributed by atoms with Gasteiger partial charge in [0, 0.05) is 22.6 Å². The minimum absolute atomic E-state index is 0. The van der Waals surface area contributed by atoms with E-state index in [1.807, 2.05) is 24.3 Å². The van der Waals surface area contributed by atoms with Gasteiger partial charge >= 0.3 is 0 Å². The van der Waals surface area contributed by atoms with Crippen LogP contribution in [0.2, 0.25) is 0 Å². The maximum atomic E-state index is 13.4. The van der Waals surface area contributed by atoms with E-state index >= 15 is 0 Å². The van der Waals surface area contributed by atoms with Crippen LogP contribution < -0.4 is 5.32 Å². The van der Waals surface area contributed by atoms with Gasteiger partial charge in [-0.3, -0.25) is 4.79 Å². The summed E-state index contributed by atoms with van der Waals surface area (Å²) in [6.45, 7) is 4.84. The Kier molecular flexibility index (Phi) is 10.2. The maximum Gasteiger partial charge on any atom is 0.254 e. The molecule has 2 aromatic carbocycles. The van der Waals surface area contributed by atoms with E-state index in [1.165, 1.54) is 30.4 Å². The molecular formula is C24H32BrClN2O. The number of benzene rings is 2. The Morgan fingerprint density at radius 2 is 1.62 bits per heavy atom. The summed E-state index contributed by atoms with van der Waals surface area (Å²) in [6.07, 6.45) is 6.83. The van der Waals surface area contributed by atoms with Gasteiger partial charge in [-0.2, -0.15) is 0 Å². The molecule has 0 spiro atoms. The summed E-state index contributed by atoms with van der Waals surface area (Å²) in [6, 6.07) is 16.9. The number of piperidine rings is 1. The van der Waals surface area contributed by atoms with Crippen molar-refractivity contribution in [3.05, 3.63) is 69.7 Å². The number of hydrogen-bond donors (Lipinski definition) is 1. The van der Waals surface area contributed by atoms with Crippen molar-refractivity contribution in [3.8, 4) is 0 Å². The minimum atomic E-state index is 0. The van der Waals surface area contributed by atoms with Crippen LogP contribution in [0.1, 0.15) is 60.5 Å². The van der Waals surface area contributed by atoms with Crippen LogP contribution >= 0.6 is 28.3 Å². The average Bonchev–Trinajstić information content (AvgIpc) is 2.74. The summed E-state index contributed by atoms with van der Waals surface area (Å²) in [5, 5.41) is 3.41. The van der Waals surface area contributed by atoms with E-state index in [2.05, 4.69) is 57.3 Å². The van der Waals surface area contributed by atoms with Crippen LogP contribution in [0.15, 0.2) is 53.0 Å². The van der Waals surface area contributed by atoms with Crippen molar-refractivity contribution in [2.45, 2.75) is 58.0 Å². The van der Waals surface area contributed by atoms with Crippen molar-refractivity contribution in [3.63, 3.8) is 0 Å². The second-order valence-corrected chi connectivity index (χ2v) is 8.61. The first kappa shape index (κ1) is 23.9. The molecule has 1 N–H and O–H groups in total. The molecule has 0 radical (unpaired) electrons. The molecule has 1 fully saturated rings. The third-order valence-electron chi connectivity index (χ3n) is 5.55. The van der Waals surface area contributed by atoms with E-state index in [0.717, 1.165) is 42.4 Å². The Morgan fingerprint density at radius 1 is 1.00 bits per heavy atom. The molecule has 3 rings (SSSR count). The van der Waals surface area contributed by atoms with E-state index in [0.29, 0.717) is 12.6 Å². The molecule has 0 saturated carbocycles. The topological polar surface area (TPSA) is 32.3 Å². The number of rotatable bonds is 8. The molecule has 5 heteroatoms. The second kappa shape index (κ2) is 12.4. The molecule has 2 aromatic rings. The molecule has 158 valence electrons. The molecule has 1 aliphatic heterocycles. The van der Waals surface area contributed by atoms with E-state index in [1.54, 1.807) is 0 Å². The summed E-state index contributed by atoms with van der Waals surface area (Å²) in [7, 11) is 0. The molecule has 0 unspecified atom stereocenters. The van der Waals surface area contributed by atoms with Crippen LogP contribution in [0.25, 0.3) is 0 Å². The van der Waals surface area contributed by atoms with Gasteiger partial charge in [0.25, 0.3) is 5.91 Å². The zero-order valence-corrected chi connectivity index (χ0v) is 19.6. The molecular weight excluding hydrogens is 448 g/mol. The first-order valence-corrected chi connectivity index (χ1v) is 11.3. The molecule has 0 aromatic heterocycles. The van der Waals surface area contributed by atoms with Gasteiger partial charge in [-0.05, 0) is 74.2 Å². The van der Waals surface area contributed by atoms with Crippen LogP contribution in [0.4, 0.5) is 0 Å². The first-order valence-electron chi connectivity index (χ1n) is 10.5. The first-order chi connectivity index (χ1) is 13.7. The van der Waals surface area contributed by atoms with Crippen molar-refractivity contribution in [2.24, 2.45) is 0 Å². The normalized spacial score (nSPS) is 14.3. The van der Waals surface area contributed by atoms with Gasteiger partial charge in [0.15, 0.2) is 0 Å². The molecule has 1 saturated heterocycles. The van der Waals surface area contributed by atoms with Gasteiger partial charge in [-0.15, -0.1) is 12.4 Å². The highest BCUT2D eigenvalue weighted by Gasteiger charge is 2.26. The van der Waals surface area contributed by atoms with Crippen LogP contribution in [-0.2, 0) is 13.0 Å². The molecule has 3 nitrogen and oxygen atoms in total. The number of nitrogens with zero attached hydrogens (tertiary/aromatic N) is 1. The highest BCUT2D eigenvalue weighted by Crippen LogP contribution is 2.21. The van der Waals surface area contributed by atoms with E-state index in [9.17, 15) is 4.79 Å². The smallest absolute Gasteiger partial charge is 0.254 e. The average molecular weight is 480 g/mol. The lowest BCUT2D eigenvalue weighted by Gasteiger charge is -2.35. The Morgan fingerprint density at radius 3 is 2.24 bits per heavy atom. The SMILES string of the molecule is CCCCCc1ccc(C(=O)N(Cc2ccc(Br)cc2)C2CCNCC2)cc1.Cl. The standard InChI is InChI=1S/C24H31BrN2O.ClH/c1-2-3-4-5-19-6-10-21(11-7-19)24(28)27(23-14-16-26-17-15-23)18-20-8-12-22(25)13-9-20;/h6-13,23,26H,2-5,14-18H2,1H3;1H. The number of halogens is 2. The summed E-state index contributed by atoms with van der Waals surface area (Å²) in [5.41, 5.74) is 3.30. The Hall–Kier alpha value is -1.36. The fourth-order valence-electron chi connectivity index (χ4n) is 3.83. The van der Waals surface area contributed by atoms with E-state index in [-0.39, 0.29) is 18.3 Å². The fraction of sp³-hybridized carbons (Fsp3) is 0.458. The third kappa shape index (κ3) is 7.13. The predicted octanol–water partition coefficient (Wildman–Crippen LogP) is 6.00. The van der Waals surface area contributed by atoms with E-state index < -0.39 is 0 Å². The third-order valence-corrected chi connectivity index (χ3v) is 6.08. The van der Waals surface area contributed by atoms with Crippen LogP contribution in [0.5, 0.6) is 0 Å². The number of hydrogen-bond acceptors (Lipinski definition) is 2. The largest absolute Gasteiger partial charge is 0.331 e. The Balaban J connectivity index is 0.00000300. The van der Waals surface area contributed by atoms with Gasteiger partial charge in [-0.1, -0.05) is 60.0 Å². The van der Waals surface area contributed by atoms with Gasteiger partial charge in [0.05, 0.1) is 0 Å². The van der Waals surface area contributed by atoms with E-state index in [4.69, 9.17) is 0 Å². The number of carbonyl (C=O) groups is 1. The van der Waals surface area contributed by atoms with Crippen molar-refractivity contribution in [1.29, 1.82) is 0 Å². The number of carbonyl (C=O) groups excluding carboxylic acids is 1. The van der Waals surface area contributed by atoms with Gasteiger partial charge in [-0.25, -0.2) is 0 Å². The minimum Gasteiger partial charge on any atom is -0.331 e. The molecule has 1 amide bonds. The lowest BCUT2D eigenvalue weighted by Crippen LogP contribution is -2.45. The van der Waals surface area contributed by atoms with Crippen molar-refractivity contribution in [2.75, 3.05) is 13.1 Å². The lowest BCUT2D eigenvalue weighted by atomic mass is 10.0. The monoisotopic (exact) mass is 478 g/mol. The van der Waals surface area contributed by atoms with Crippen molar-refractivity contribution >= 4 is 34.2 Å². The summed E-state index contributed by atoms with van der Waals surface area (Å²) < 4.78 is 1.06. The van der Waals surface area contributed by atoms with Gasteiger partial charge in [0.1, 0.15) is 0 Å². The predicted molar refractivity (Wildman–Crippen MR) is 127 cm³/mol. The quantitative estimate of drug-likeness (QED) is 0.471. The van der Waals surface area contributed by atoms with Gasteiger partial charge < -0.3 is 10.2 Å². The van der Waals surface area contributed by atoms with Crippen LogP contribution in [-0.4, -0.2) is 29.9 Å². The summed E-state index contributed by atoms with van der Waals surface area (Å²) in [5.74, 6) is 0.148. The molecule has 0 bridgehead atoms. The number of unbranched alkanes of at least 4 members (excludes halogenated alkanes) is 2. The van der Waals surface area contributed by atoms with Crippen molar-refractivity contribution < 1.29 is 4.79 Å². The summed E-state index contributed by atoms with van der Waals surface area (Å²) >= 11 is 3.49. The van der Waals surface area contributed by atoms with Crippen LogP contribution in [0, 0.1) is 0 Å². The Bertz CT molecular complexity index is 742. The number of nitrogens with one attached hydrogen (secondary N) is 1. The lowest BCUT2D eigenvalue weighted by molar-refractivity contribution is 0.0623. The number of amides is 1. The molecule has 0 atom stereocenters. The molecule has 1 heterocycles. The number of aryl methyl sites for hydroxylation is 1. The molecule has 29 heavy (non-hydrogen) atoms. The zero-order valence-electron chi connectivity index (χ0n) is 17.2. The highest BCUT2D eigenvalue weighted by atomic mass is 79.9. The molecule has 1 aliphatic rings. The maximum absolute atomic E-state index is 13.4. The second-order valence-electron chi connectivity index (χ2n) is 7.69. The van der Waals surface area contributed by atoms with Crippen molar-refractivity contribution in [1.82, 2.24) is 10.2 Å². The highest BCUT2D eigenvalue weighted by molar-refractivity contribution is 9.10. The fourth-order valence-corrected chi connectivity index (χ4v) is 4.09. The molecule has 0 aliphatic carbocycles. The van der Waals surface area contributed by atoms with Crippen LogP contribution in [0.3, 0.4) is 0 Å². The Labute approximate surface area is 189 Å². The zero-order chi connectivity index (χ0) is 19.8. The summed E-state index contributed by atoms with van der Waals surface area (Å²) in [4.78, 5) is 15.5. The van der Waals surface area contributed by atoms with Gasteiger partial charge in [0.2, 0.25) is 0 Å².